The molecule has 0 fully saturated rings. The molecule has 0 aromatic heterocycles. The molecule has 0 atom stereocenters. The van der Waals surface area contributed by atoms with Crippen LogP contribution in [0.25, 0.3) is 4.85 Å². The Kier molecular flexibility index (Phi) is 7.49. The number of hydrogen-bond acceptors (Lipinski definition) is 1. The quantitative estimate of drug-likeness (QED) is 0.730. The van der Waals surface area contributed by atoms with Crippen molar-refractivity contribution in [1.29, 1.82) is 0 Å². The Labute approximate surface area is 86.0 Å². The van der Waals surface area contributed by atoms with Crippen LogP contribution in [0.15, 0.2) is 24.3 Å². The van der Waals surface area contributed by atoms with Gasteiger partial charge in [0, 0.05) is 6.42 Å². The van der Waals surface area contributed by atoms with E-state index >= 15 is 0 Å². The lowest BCUT2D eigenvalue weighted by Crippen LogP contribution is -1.88. The average molecular weight is 191 g/mol. The first-order chi connectivity index (χ1) is 6.86. The summed E-state index contributed by atoms with van der Waals surface area (Å²) in [6.45, 7) is 11.2. The van der Waals surface area contributed by atoms with Crippen LogP contribution in [-0.4, -0.2) is 11.7 Å². The molecule has 1 N–H and O–H groups in total. The van der Waals surface area contributed by atoms with Gasteiger partial charge in [-0.1, -0.05) is 38.1 Å². The van der Waals surface area contributed by atoms with Crippen LogP contribution in [0.2, 0.25) is 0 Å². The van der Waals surface area contributed by atoms with E-state index in [1.54, 1.807) is 0 Å². The van der Waals surface area contributed by atoms with E-state index in [9.17, 15) is 0 Å². The molecule has 0 amide bonds. The highest BCUT2D eigenvalue weighted by Gasteiger charge is 1.94. The second-order valence-corrected chi connectivity index (χ2v) is 2.61. The fourth-order valence-corrected chi connectivity index (χ4v) is 0.996. The summed E-state index contributed by atoms with van der Waals surface area (Å²) in [5.41, 5.74) is 2.07. The van der Waals surface area contributed by atoms with Crippen LogP contribution < -0.4 is 0 Å². The van der Waals surface area contributed by atoms with Crippen LogP contribution in [0.1, 0.15) is 25.0 Å². The summed E-state index contributed by atoms with van der Waals surface area (Å²) in [6.07, 6.45) is 0.801. The summed E-state index contributed by atoms with van der Waals surface area (Å²) in [5, 5.41) is 8.76. The predicted octanol–water partition coefficient (Wildman–Crippen LogP) is 2.67. The normalized spacial score (nSPS) is 8.43. The van der Waals surface area contributed by atoms with Gasteiger partial charge in [-0.25, -0.2) is 6.57 Å². The number of nitrogens with zero attached hydrogens (tertiary/aromatic N) is 1. The summed E-state index contributed by atoms with van der Waals surface area (Å²) in [6, 6.07) is 7.69. The molecule has 76 valence electrons. The van der Waals surface area contributed by atoms with Crippen LogP contribution in [0.4, 0.5) is 0 Å². The maximum Gasteiger partial charge on any atom is 0.218 e. The predicted molar refractivity (Wildman–Crippen MR) is 58.9 cm³/mol. The van der Waals surface area contributed by atoms with Gasteiger partial charge in [-0.05, 0) is 11.1 Å². The van der Waals surface area contributed by atoms with E-state index in [4.69, 9.17) is 11.7 Å². The third kappa shape index (κ3) is 4.64. The second-order valence-electron chi connectivity index (χ2n) is 2.61. The molecule has 1 rings (SSSR count). The summed E-state index contributed by atoms with van der Waals surface area (Å²) < 4.78 is 0. The molecule has 0 radical (unpaired) electrons. The maximum atomic E-state index is 8.76. The summed E-state index contributed by atoms with van der Waals surface area (Å²) in [7, 11) is 0. The molecule has 0 saturated carbocycles. The molecule has 0 bridgehead atoms. The fraction of sp³-hybridized carbons (Fsp3) is 0.417. The minimum absolute atomic E-state index is 0.0864. The maximum absolute atomic E-state index is 8.76. The summed E-state index contributed by atoms with van der Waals surface area (Å²) in [4.78, 5) is 3.27. The van der Waals surface area contributed by atoms with E-state index in [0.29, 0.717) is 6.54 Å². The number of rotatable bonds is 3. The fourth-order valence-electron chi connectivity index (χ4n) is 0.996. The Morgan fingerprint density at radius 1 is 1.14 bits per heavy atom. The molecule has 2 heteroatoms. The van der Waals surface area contributed by atoms with E-state index in [-0.39, 0.29) is 6.61 Å². The number of benzene rings is 1. The van der Waals surface area contributed by atoms with Crippen LogP contribution in [0, 0.1) is 6.57 Å². The first-order valence-electron chi connectivity index (χ1n) is 4.88. The Balaban J connectivity index is 0.000000791. The van der Waals surface area contributed by atoms with Gasteiger partial charge in [0.2, 0.25) is 6.54 Å². The van der Waals surface area contributed by atoms with E-state index in [1.165, 1.54) is 0 Å². The highest BCUT2D eigenvalue weighted by atomic mass is 16.3. The zero-order chi connectivity index (χ0) is 10.8. The van der Waals surface area contributed by atoms with Gasteiger partial charge in [0.25, 0.3) is 0 Å². The molecule has 0 unspecified atom stereocenters. The molecule has 0 aliphatic heterocycles. The van der Waals surface area contributed by atoms with Crippen molar-refractivity contribution in [2.24, 2.45) is 0 Å². The zero-order valence-electron chi connectivity index (χ0n) is 8.83. The molecule has 0 aliphatic rings. The summed E-state index contributed by atoms with van der Waals surface area (Å²) in [5.74, 6) is 0. The van der Waals surface area contributed by atoms with Crippen molar-refractivity contribution in [3.8, 4) is 0 Å². The minimum Gasteiger partial charge on any atom is -0.392 e. The Bertz CT molecular complexity index is 271. The van der Waals surface area contributed by atoms with Gasteiger partial charge in [-0.3, -0.25) is 0 Å². The highest BCUT2D eigenvalue weighted by Crippen LogP contribution is 2.04. The highest BCUT2D eigenvalue weighted by molar-refractivity contribution is 5.22. The van der Waals surface area contributed by atoms with Crippen molar-refractivity contribution >= 4 is 0 Å². The lowest BCUT2D eigenvalue weighted by Gasteiger charge is -1.97. The van der Waals surface area contributed by atoms with Gasteiger partial charge in [0.05, 0.1) is 6.61 Å². The third-order valence-corrected chi connectivity index (χ3v) is 1.72. The SMILES string of the molecule is CC.[C-]#[N+]CCc1ccc(CO)cc1. The van der Waals surface area contributed by atoms with Crippen molar-refractivity contribution < 1.29 is 5.11 Å². The summed E-state index contributed by atoms with van der Waals surface area (Å²) >= 11 is 0. The van der Waals surface area contributed by atoms with Crippen molar-refractivity contribution in [2.45, 2.75) is 26.9 Å². The van der Waals surface area contributed by atoms with Crippen molar-refractivity contribution in [3.63, 3.8) is 0 Å². The zero-order valence-corrected chi connectivity index (χ0v) is 8.83. The molecule has 14 heavy (non-hydrogen) atoms. The van der Waals surface area contributed by atoms with Gasteiger partial charge < -0.3 is 9.95 Å². The average Bonchev–Trinajstić information content (AvgIpc) is 2.30. The van der Waals surface area contributed by atoms with Gasteiger partial charge in [0.15, 0.2) is 0 Å². The minimum atomic E-state index is 0.0864. The first-order valence-corrected chi connectivity index (χ1v) is 4.88. The van der Waals surface area contributed by atoms with E-state index in [2.05, 4.69) is 4.85 Å². The monoisotopic (exact) mass is 191 g/mol. The second kappa shape index (κ2) is 8.28. The van der Waals surface area contributed by atoms with E-state index in [1.807, 2.05) is 38.1 Å². The van der Waals surface area contributed by atoms with Crippen molar-refractivity contribution in [3.05, 3.63) is 46.8 Å². The Morgan fingerprint density at radius 3 is 2.07 bits per heavy atom. The van der Waals surface area contributed by atoms with Crippen molar-refractivity contribution in [2.75, 3.05) is 6.54 Å². The van der Waals surface area contributed by atoms with Crippen LogP contribution in [-0.2, 0) is 13.0 Å². The Morgan fingerprint density at radius 2 is 1.64 bits per heavy atom. The number of aliphatic hydroxyl groups is 1. The van der Waals surface area contributed by atoms with Gasteiger partial charge in [-0.15, -0.1) is 0 Å². The molecule has 0 saturated heterocycles. The van der Waals surface area contributed by atoms with Crippen LogP contribution >= 0.6 is 0 Å². The van der Waals surface area contributed by atoms with Crippen molar-refractivity contribution in [1.82, 2.24) is 0 Å². The topological polar surface area (TPSA) is 24.6 Å². The molecular formula is C12H17NO. The molecule has 1 aromatic carbocycles. The molecule has 0 aliphatic carbocycles. The lowest BCUT2D eigenvalue weighted by atomic mass is 10.1. The smallest absolute Gasteiger partial charge is 0.218 e. The van der Waals surface area contributed by atoms with E-state index < -0.39 is 0 Å². The standard InChI is InChI=1S/C10H11NO.C2H6/c1-11-7-6-9-2-4-10(8-12)5-3-9;1-2/h2-5,12H,6-8H2;1-2H3. The van der Waals surface area contributed by atoms with Gasteiger partial charge in [-0.2, -0.15) is 0 Å². The lowest BCUT2D eigenvalue weighted by molar-refractivity contribution is 0.282. The molecule has 0 spiro atoms. The number of aliphatic hydroxyl groups excluding tert-OH is 1. The molecule has 2 nitrogen and oxygen atoms in total. The number of hydrogen-bond donors (Lipinski definition) is 1. The first kappa shape index (κ1) is 12.7. The molecular weight excluding hydrogens is 174 g/mol. The van der Waals surface area contributed by atoms with E-state index in [0.717, 1.165) is 17.5 Å². The van der Waals surface area contributed by atoms with Gasteiger partial charge in [0.1, 0.15) is 0 Å². The Hall–Kier alpha value is -1.33. The van der Waals surface area contributed by atoms with Crippen LogP contribution in [0.3, 0.4) is 0 Å². The third-order valence-electron chi connectivity index (χ3n) is 1.72. The van der Waals surface area contributed by atoms with Crippen LogP contribution in [0.5, 0.6) is 0 Å². The molecule has 0 heterocycles. The largest absolute Gasteiger partial charge is 0.392 e. The van der Waals surface area contributed by atoms with Gasteiger partial charge >= 0.3 is 0 Å². The molecule has 1 aromatic rings.